The number of rotatable bonds is 3. The van der Waals surface area contributed by atoms with Crippen LogP contribution in [0.4, 0.5) is 0 Å². The Morgan fingerprint density at radius 1 is 0.304 bits per heavy atom. The van der Waals surface area contributed by atoms with Gasteiger partial charge in [-0.3, -0.25) is 0 Å². The van der Waals surface area contributed by atoms with E-state index in [1.54, 1.807) is 0 Å². The summed E-state index contributed by atoms with van der Waals surface area (Å²) < 4.78 is 12.5. The largest absolute Gasteiger partial charge is 0.456 e. The summed E-state index contributed by atoms with van der Waals surface area (Å²) in [5, 5.41) is 8.56. The van der Waals surface area contributed by atoms with Crippen molar-refractivity contribution in [3.63, 3.8) is 0 Å². The van der Waals surface area contributed by atoms with Crippen LogP contribution in [0, 0.1) is 0 Å². The van der Waals surface area contributed by atoms with Crippen LogP contribution in [0.5, 0.6) is 0 Å². The molecule has 7 aromatic carbocycles. The molecule has 46 heavy (non-hydrogen) atoms. The minimum atomic E-state index is 0.594. The first-order chi connectivity index (χ1) is 22.8. The average molecular weight is 590 g/mol. The first-order valence-corrected chi connectivity index (χ1v) is 15.3. The van der Waals surface area contributed by atoms with Crippen LogP contribution >= 0.6 is 0 Å². The van der Waals surface area contributed by atoms with Gasteiger partial charge in [-0.1, -0.05) is 109 Å². The highest BCUT2D eigenvalue weighted by Crippen LogP contribution is 2.40. The molecule has 0 amide bonds. The van der Waals surface area contributed by atoms with E-state index in [-0.39, 0.29) is 0 Å². The van der Waals surface area contributed by atoms with Crippen LogP contribution in [0.1, 0.15) is 0 Å². The molecule has 0 fully saturated rings. The molecule has 0 aliphatic rings. The van der Waals surface area contributed by atoms with E-state index in [9.17, 15) is 0 Å². The van der Waals surface area contributed by atoms with E-state index in [0.29, 0.717) is 17.5 Å². The monoisotopic (exact) mass is 589 g/mol. The lowest BCUT2D eigenvalue weighted by molar-refractivity contribution is 0.668. The van der Waals surface area contributed by atoms with Crippen LogP contribution in [0.25, 0.3) is 99.6 Å². The third-order valence-corrected chi connectivity index (χ3v) is 8.95. The van der Waals surface area contributed by atoms with E-state index in [1.807, 2.05) is 48.5 Å². The molecule has 0 aliphatic heterocycles. The second-order valence-electron chi connectivity index (χ2n) is 11.5. The van der Waals surface area contributed by atoms with Gasteiger partial charge in [-0.15, -0.1) is 0 Å². The van der Waals surface area contributed by atoms with Gasteiger partial charge in [0.1, 0.15) is 22.3 Å². The van der Waals surface area contributed by atoms with Crippen molar-refractivity contribution < 1.29 is 8.83 Å². The zero-order valence-corrected chi connectivity index (χ0v) is 24.4. The van der Waals surface area contributed by atoms with Gasteiger partial charge in [-0.05, 0) is 51.9 Å². The van der Waals surface area contributed by atoms with E-state index in [2.05, 4.69) is 91.0 Å². The summed E-state index contributed by atoms with van der Waals surface area (Å²) >= 11 is 0. The maximum Gasteiger partial charge on any atom is 0.164 e. The SMILES string of the molecule is c1ccc2c(-c3nc(-c4cccc5c4ccc4oc6ccccc6c45)nc(-c4cccc5oc6ccccc6c45)n3)cccc2c1. The van der Waals surface area contributed by atoms with E-state index < -0.39 is 0 Å². The molecule has 0 saturated heterocycles. The van der Waals surface area contributed by atoms with E-state index in [0.717, 1.165) is 82.1 Å². The van der Waals surface area contributed by atoms with Gasteiger partial charge in [0.25, 0.3) is 0 Å². The van der Waals surface area contributed by atoms with Crippen LogP contribution in [0.2, 0.25) is 0 Å². The van der Waals surface area contributed by atoms with Crippen LogP contribution < -0.4 is 0 Å². The zero-order valence-electron chi connectivity index (χ0n) is 24.4. The van der Waals surface area contributed by atoms with Crippen LogP contribution in [0.15, 0.2) is 148 Å². The Labute approximate surface area is 262 Å². The maximum absolute atomic E-state index is 6.25. The van der Waals surface area contributed by atoms with E-state index >= 15 is 0 Å². The Hall–Kier alpha value is -6.33. The number of para-hydroxylation sites is 2. The number of hydrogen-bond acceptors (Lipinski definition) is 5. The summed E-state index contributed by atoms with van der Waals surface area (Å²) in [5.74, 6) is 1.82. The Morgan fingerprint density at radius 2 is 0.783 bits per heavy atom. The molecule has 3 aromatic heterocycles. The molecular weight excluding hydrogens is 566 g/mol. The summed E-state index contributed by atoms with van der Waals surface area (Å²) in [4.78, 5) is 15.6. The normalized spacial score (nSPS) is 11.9. The number of nitrogens with zero attached hydrogens (tertiary/aromatic N) is 3. The molecular formula is C41H23N3O2. The molecule has 214 valence electrons. The second kappa shape index (κ2) is 9.58. The van der Waals surface area contributed by atoms with Crippen molar-refractivity contribution in [3.8, 4) is 34.2 Å². The highest BCUT2D eigenvalue weighted by Gasteiger charge is 2.20. The molecule has 0 N–H and O–H groups in total. The Kier molecular flexibility index (Phi) is 5.22. The molecule has 0 atom stereocenters. The third-order valence-electron chi connectivity index (χ3n) is 8.95. The third kappa shape index (κ3) is 3.66. The van der Waals surface area contributed by atoms with Gasteiger partial charge in [0.05, 0.1) is 0 Å². The van der Waals surface area contributed by atoms with Crippen LogP contribution in [-0.2, 0) is 0 Å². The van der Waals surface area contributed by atoms with Crippen LogP contribution in [0.3, 0.4) is 0 Å². The fourth-order valence-corrected chi connectivity index (χ4v) is 6.90. The summed E-state index contributed by atoms with van der Waals surface area (Å²) in [6, 6.07) is 47.4. The lowest BCUT2D eigenvalue weighted by Gasteiger charge is -2.12. The smallest absolute Gasteiger partial charge is 0.164 e. The first-order valence-electron chi connectivity index (χ1n) is 15.3. The Morgan fingerprint density at radius 3 is 1.54 bits per heavy atom. The molecule has 10 aromatic rings. The molecule has 0 unspecified atom stereocenters. The number of aromatic nitrogens is 3. The van der Waals surface area contributed by atoms with Crippen molar-refractivity contribution in [2.24, 2.45) is 0 Å². The lowest BCUT2D eigenvalue weighted by Crippen LogP contribution is -2.01. The summed E-state index contributed by atoms with van der Waals surface area (Å²) in [6.45, 7) is 0. The van der Waals surface area contributed by atoms with E-state index in [4.69, 9.17) is 23.8 Å². The maximum atomic E-state index is 6.25. The quantitative estimate of drug-likeness (QED) is 0.205. The van der Waals surface area contributed by atoms with Gasteiger partial charge in [0.15, 0.2) is 17.5 Å². The summed E-state index contributed by atoms with van der Waals surface area (Å²) in [7, 11) is 0. The van der Waals surface area contributed by atoms with Crippen molar-refractivity contribution in [2.45, 2.75) is 0 Å². The predicted molar refractivity (Wildman–Crippen MR) is 186 cm³/mol. The van der Waals surface area contributed by atoms with Gasteiger partial charge in [0, 0.05) is 38.2 Å². The molecule has 10 rings (SSSR count). The number of fused-ring (bicyclic) bond motifs is 9. The molecule has 3 heterocycles. The van der Waals surface area contributed by atoms with Gasteiger partial charge >= 0.3 is 0 Å². The minimum Gasteiger partial charge on any atom is -0.456 e. The topological polar surface area (TPSA) is 65.0 Å². The number of benzene rings is 7. The molecule has 0 bridgehead atoms. The van der Waals surface area contributed by atoms with Gasteiger partial charge in [0.2, 0.25) is 0 Å². The number of hydrogen-bond donors (Lipinski definition) is 0. The molecule has 0 aliphatic carbocycles. The fourth-order valence-electron chi connectivity index (χ4n) is 6.90. The van der Waals surface area contributed by atoms with Crippen molar-refractivity contribution in [3.05, 3.63) is 140 Å². The summed E-state index contributed by atoms with van der Waals surface area (Å²) in [6.07, 6.45) is 0. The molecule has 0 radical (unpaired) electrons. The van der Waals surface area contributed by atoms with Crippen LogP contribution in [-0.4, -0.2) is 15.0 Å². The Balaban J connectivity index is 1.30. The van der Waals surface area contributed by atoms with Gasteiger partial charge in [-0.25, -0.2) is 15.0 Å². The second-order valence-corrected chi connectivity index (χ2v) is 11.5. The highest BCUT2D eigenvalue weighted by molar-refractivity contribution is 6.20. The first kappa shape index (κ1) is 25.0. The average Bonchev–Trinajstić information content (AvgIpc) is 3.70. The summed E-state index contributed by atoms with van der Waals surface area (Å²) in [5.41, 5.74) is 6.14. The number of furan rings is 2. The molecule has 0 saturated carbocycles. The van der Waals surface area contributed by atoms with Crippen molar-refractivity contribution in [1.82, 2.24) is 15.0 Å². The molecule has 5 heteroatoms. The predicted octanol–water partition coefficient (Wildman–Crippen LogP) is 11.0. The highest BCUT2D eigenvalue weighted by atomic mass is 16.3. The molecule has 5 nitrogen and oxygen atoms in total. The zero-order chi connectivity index (χ0) is 30.2. The minimum absolute atomic E-state index is 0.594. The van der Waals surface area contributed by atoms with Crippen molar-refractivity contribution >= 4 is 65.4 Å². The fraction of sp³-hybridized carbons (Fsp3) is 0. The van der Waals surface area contributed by atoms with Gasteiger partial charge < -0.3 is 8.83 Å². The Bertz CT molecular complexity index is 2820. The van der Waals surface area contributed by atoms with Gasteiger partial charge in [-0.2, -0.15) is 0 Å². The molecule has 0 spiro atoms. The van der Waals surface area contributed by atoms with Crippen molar-refractivity contribution in [1.29, 1.82) is 0 Å². The lowest BCUT2D eigenvalue weighted by atomic mass is 9.99. The standard InChI is InChI=1S/C41H23N3O2/c1-2-12-25-24(10-1)11-7-16-28(25)39-42-40(44-41(43-39)32-18-9-21-35-38(32)31-14-4-6-20-34(31)45-35)29-17-8-15-27-26(29)22-23-36-37(27)30-13-3-5-19-33(30)46-36/h1-23H. The van der Waals surface area contributed by atoms with Crippen molar-refractivity contribution in [2.75, 3.05) is 0 Å². The van der Waals surface area contributed by atoms with E-state index in [1.165, 1.54) is 0 Å².